The number of nitrogens with one attached hydrogen (secondary N) is 1. The number of hydrogen-bond donors (Lipinski definition) is 5. The lowest BCUT2D eigenvalue weighted by atomic mass is 9.93. The standard InChI is InChI=1S/C8H6F13O4P.C4H11NO2/c9-3(10,1-2-25-26(22,23)24)4(11,12)5(13,14)6(15,16)7(17,18)8(19,20)21;6-3-1-5-2-4-7/h1-2H2,(H2,22,23,24);5-7H,1-4H2. The van der Waals surface area contributed by atoms with Crippen LogP contribution in [-0.4, -0.2) is 88.7 Å². The largest absolute Gasteiger partial charge is 0.469 e. The molecule has 202 valence electrons. The van der Waals surface area contributed by atoms with Crippen LogP contribution in [0.3, 0.4) is 0 Å². The fourth-order valence-corrected chi connectivity index (χ4v) is 1.86. The van der Waals surface area contributed by atoms with E-state index in [0.717, 1.165) is 0 Å². The van der Waals surface area contributed by atoms with E-state index in [9.17, 15) is 61.6 Å². The van der Waals surface area contributed by atoms with E-state index in [0.29, 0.717) is 13.1 Å². The monoisotopic (exact) mass is 549 g/mol. The molecule has 0 fully saturated rings. The van der Waals surface area contributed by atoms with Gasteiger partial charge in [0.05, 0.1) is 19.8 Å². The van der Waals surface area contributed by atoms with Gasteiger partial charge in [-0.15, -0.1) is 0 Å². The van der Waals surface area contributed by atoms with Gasteiger partial charge in [0.1, 0.15) is 0 Å². The topological polar surface area (TPSA) is 119 Å². The van der Waals surface area contributed by atoms with Crippen LogP contribution < -0.4 is 5.32 Å². The fourth-order valence-electron chi connectivity index (χ4n) is 1.53. The summed E-state index contributed by atoms with van der Waals surface area (Å²) in [6, 6.07) is 0. The van der Waals surface area contributed by atoms with Crippen molar-refractivity contribution < 1.29 is 86.2 Å². The minimum Gasteiger partial charge on any atom is -0.395 e. The Morgan fingerprint density at radius 1 is 0.667 bits per heavy atom. The third-order valence-electron chi connectivity index (χ3n) is 3.25. The number of rotatable bonds is 12. The zero-order valence-electron chi connectivity index (χ0n) is 15.7. The molecule has 0 aliphatic carbocycles. The first-order valence-corrected chi connectivity index (χ1v) is 9.48. The third-order valence-corrected chi connectivity index (χ3v) is 3.77. The fraction of sp³-hybridized carbons (Fsp3) is 1.00. The molecule has 0 atom stereocenters. The van der Waals surface area contributed by atoms with Gasteiger partial charge in [-0.3, -0.25) is 4.52 Å². The van der Waals surface area contributed by atoms with E-state index in [1.165, 1.54) is 0 Å². The van der Waals surface area contributed by atoms with Crippen molar-refractivity contribution in [3.63, 3.8) is 0 Å². The molecule has 21 heteroatoms. The van der Waals surface area contributed by atoms with Crippen LogP contribution in [0.4, 0.5) is 57.1 Å². The molecule has 0 spiro atoms. The molecule has 5 N–H and O–H groups in total. The van der Waals surface area contributed by atoms with Gasteiger partial charge in [0.15, 0.2) is 0 Å². The van der Waals surface area contributed by atoms with Crippen LogP contribution in [0.15, 0.2) is 0 Å². The molecule has 0 aromatic heterocycles. The van der Waals surface area contributed by atoms with Crippen LogP contribution in [0.2, 0.25) is 0 Å². The van der Waals surface area contributed by atoms with Crippen molar-refractivity contribution in [3.05, 3.63) is 0 Å². The van der Waals surface area contributed by atoms with Crippen molar-refractivity contribution in [1.82, 2.24) is 5.32 Å². The zero-order valence-corrected chi connectivity index (χ0v) is 16.6. The highest BCUT2D eigenvalue weighted by Gasteiger charge is 2.90. The predicted molar refractivity (Wildman–Crippen MR) is 80.4 cm³/mol. The highest BCUT2D eigenvalue weighted by Crippen LogP contribution is 2.60. The maximum absolute atomic E-state index is 13.1. The Kier molecular flexibility index (Phi) is 12.1. The molecule has 0 unspecified atom stereocenters. The summed E-state index contributed by atoms with van der Waals surface area (Å²) in [5.74, 6) is -37.7. The Bertz CT molecular complexity index is 636. The number of aliphatic hydroxyl groups excluding tert-OH is 2. The van der Waals surface area contributed by atoms with Crippen LogP contribution >= 0.6 is 7.82 Å². The summed E-state index contributed by atoms with van der Waals surface area (Å²) in [6.45, 7) is -0.745. The van der Waals surface area contributed by atoms with E-state index in [1.54, 1.807) is 0 Å². The molecule has 0 aromatic rings. The van der Waals surface area contributed by atoms with Crippen molar-refractivity contribution in [2.75, 3.05) is 32.9 Å². The Balaban J connectivity index is 0. The molecule has 0 aliphatic heterocycles. The second kappa shape index (κ2) is 11.7. The molecule has 0 amide bonds. The Hall–Kier alpha value is -0.920. The van der Waals surface area contributed by atoms with Crippen molar-refractivity contribution in [2.24, 2.45) is 0 Å². The van der Waals surface area contributed by atoms with Crippen LogP contribution in [0.25, 0.3) is 0 Å². The SMILES string of the molecule is O=P(O)(O)OCCC(F)(F)C(F)(F)C(F)(F)C(F)(F)C(F)(F)C(F)(F)F.OCCNCCO. The van der Waals surface area contributed by atoms with Gasteiger partial charge < -0.3 is 25.3 Å². The summed E-state index contributed by atoms with van der Waals surface area (Å²) in [4.78, 5) is 16.1. The first-order chi connectivity index (χ1) is 14.4. The van der Waals surface area contributed by atoms with Gasteiger partial charge in [0, 0.05) is 19.5 Å². The van der Waals surface area contributed by atoms with Crippen molar-refractivity contribution >= 4 is 7.82 Å². The lowest BCUT2D eigenvalue weighted by molar-refractivity contribution is -0.440. The quantitative estimate of drug-likeness (QED) is 0.144. The van der Waals surface area contributed by atoms with Gasteiger partial charge in [-0.25, -0.2) is 4.57 Å². The predicted octanol–water partition coefficient (Wildman–Crippen LogP) is 2.79. The van der Waals surface area contributed by atoms with Gasteiger partial charge in [-0.1, -0.05) is 0 Å². The van der Waals surface area contributed by atoms with Gasteiger partial charge in [0.2, 0.25) is 0 Å². The molecular formula is C12H17F13NO6P. The Morgan fingerprint density at radius 2 is 1.03 bits per heavy atom. The third kappa shape index (κ3) is 8.36. The highest BCUT2D eigenvalue weighted by atomic mass is 31.2. The van der Waals surface area contributed by atoms with Crippen LogP contribution in [0.5, 0.6) is 0 Å². The summed E-state index contributed by atoms with van der Waals surface area (Å²) in [6.07, 6.45) is -10.3. The maximum Gasteiger partial charge on any atom is 0.469 e. The summed E-state index contributed by atoms with van der Waals surface area (Å²) >= 11 is 0. The summed E-state index contributed by atoms with van der Waals surface area (Å²) in [5, 5.41) is 19.1. The molecule has 0 heterocycles. The molecule has 7 nitrogen and oxygen atoms in total. The Morgan fingerprint density at radius 3 is 1.33 bits per heavy atom. The smallest absolute Gasteiger partial charge is 0.395 e. The Labute approximate surface area is 175 Å². The number of alkyl halides is 13. The first kappa shape index (κ1) is 34.2. The average Bonchev–Trinajstić information content (AvgIpc) is 2.59. The van der Waals surface area contributed by atoms with Crippen molar-refractivity contribution in [2.45, 2.75) is 42.2 Å². The summed E-state index contributed by atoms with van der Waals surface area (Å²) in [5.41, 5.74) is 0. The van der Waals surface area contributed by atoms with Crippen LogP contribution in [-0.2, 0) is 9.09 Å². The average molecular weight is 549 g/mol. The molecular weight excluding hydrogens is 532 g/mol. The van der Waals surface area contributed by atoms with E-state index < -0.39 is 56.6 Å². The minimum atomic E-state index is -8.02. The van der Waals surface area contributed by atoms with E-state index in [-0.39, 0.29) is 13.2 Å². The molecule has 0 aromatic carbocycles. The van der Waals surface area contributed by atoms with E-state index in [2.05, 4.69) is 9.84 Å². The van der Waals surface area contributed by atoms with Gasteiger partial charge >= 0.3 is 43.6 Å². The number of aliphatic hydroxyl groups is 2. The zero-order chi connectivity index (χ0) is 27.2. The second-order valence-electron chi connectivity index (χ2n) is 5.77. The van der Waals surface area contributed by atoms with Crippen molar-refractivity contribution in [3.8, 4) is 0 Å². The summed E-state index contributed by atoms with van der Waals surface area (Å²) in [7, 11) is -5.61. The molecule has 33 heavy (non-hydrogen) atoms. The molecule has 0 aliphatic rings. The molecule has 0 radical (unpaired) electrons. The lowest BCUT2D eigenvalue weighted by Gasteiger charge is -2.39. The van der Waals surface area contributed by atoms with Gasteiger partial charge in [-0.2, -0.15) is 57.1 Å². The number of halogens is 13. The maximum atomic E-state index is 13.1. The molecule has 0 rings (SSSR count). The van der Waals surface area contributed by atoms with E-state index in [4.69, 9.17) is 20.0 Å². The summed E-state index contributed by atoms with van der Waals surface area (Å²) < 4.78 is 178. The molecule has 0 saturated heterocycles. The molecule has 0 saturated carbocycles. The first-order valence-electron chi connectivity index (χ1n) is 7.95. The van der Waals surface area contributed by atoms with Crippen LogP contribution in [0, 0.1) is 0 Å². The number of hydrogen-bond acceptors (Lipinski definition) is 5. The van der Waals surface area contributed by atoms with Crippen molar-refractivity contribution in [1.29, 1.82) is 0 Å². The lowest BCUT2D eigenvalue weighted by Crippen LogP contribution is -2.70. The number of phosphoric acid groups is 1. The highest BCUT2D eigenvalue weighted by molar-refractivity contribution is 7.46. The van der Waals surface area contributed by atoms with E-state index >= 15 is 0 Å². The van der Waals surface area contributed by atoms with E-state index in [1.807, 2.05) is 0 Å². The van der Waals surface area contributed by atoms with Crippen LogP contribution in [0.1, 0.15) is 6.42 Å². The second-order valence-corrected chi connectivity index (χ2v) is 7.01. The number of phosphoric ester groups is 1. The normalized spacial score (nSPS) is 14.7. The molecule has 0 bridgehead atoms. The van der Waals surface area contributed by atoms with Gasteiger partial charge in [-0.05, 0) is 0 Å². The minimum absolute atomic E-state index is 0.139. The van der Waals surface area contributed by atoms with Gasteiger partial charge in [0.25, 0.3) is 0 Å².